The minimum absolute atomic E-state index is 0.170. The Hall–Kier alpha value is -1.06. The van der Waals surface area contributed by atoms with Crippen molar-refractivity contribution < 1.29 is 4.39 Å². The van der Waals surface area contributed by atoms with Crippen molar-refractivity contribution in [2.75, 3.05) is 5.32 Å². The average molecular weight is 343 g/mol. The third kappa shape index (κ3) is 3.28. The van der Waals surface area contributed by atoms with Gasteiger partial charge in [0.1, 0.15) is 5.82 Å². The Balaban J connectivity index is 2.31. The highest BCUT2D eigenvalue weighted by Crippen LogP contribution is 2.30. The second-order valence-electron chi connectivity index (χ2n) is 4.46. The third-order valence-electron chi connectivity index (χ3n) is 3.01. The van der Waals surface area contributed by atoms with Gasteiger partial charge < -0.3 is 5.32 Å². The number of hydrogen-bond donors (Lipinski definition) is 1. The molecule has 0 aliphatic carbocycles. The molecule has 0 heterocycles. The number of aryl methyl sites for hydroxylation is 1. The first-order chi connectivity index (χ1) is 8.99. The molecule has 0 aliphatic heterocycles. The molecular formula is C15H14BrClFN. The molecule has 100 valence electrons. The van der Waals surface area contributed by atoms with E-state index in [0.717, 1.165) is 15.7 Å². The Morgan fingerprint density at radius 3 is 2.68 bits per heavy atom. The van der Waals surface area contributed by atoms with Crippen LogP contribution < -0.4 is 5.32 Å². The van der Waals surface area contributed by atoms with Crippen molar-refractivity contribution in [3.05, 3.63) is 62.8 Å². The van der Waals surface area contributed by atoms with Crippen molar-refractivity contribution in [1.29, 1.82) is 0 Å². The zero-order chi connectivity index (χ0) is 14.0. The van der Waals surface area contributed by atoms with Crippen LogP contribution in [0.25, 0.3) is 0 Å². The van der Waals surface area contributed by atoms with Gasteiger partial charge in [-0.05, 0) is 43.7 Å². The number of rotatable bonds is 3. The molecule has 2 aromatic rings. The molecule has 1 N–H and O–H groups in total. The molecule has 0 saturated carbocycles. The van der Waals surface area contributed by atoms with Gasteiger partial charge in [-0.3, -0.25) is 0 Å². The highest BCUT2D eigenvalue weighted by atomic mass is 79.9. The summed E-state index contributed by atoms with van der Waals surface area (Å²) in [5.74, 6) is -0.229. The molecule has 1 atom stereocenters. The summed E-state index contributed by atoms with van der Waals surface area (Å²) in [6, 6.07) is 10.4. The van der Waals surface area contributed by atoms with Crippen molar-refractivity contribution in [1.82, 2.24) is 0 Å². The first-order valence-electron chi connectivity index (χ1n) is 5.95. The number of benzene rings is 2. The Morgan fingerprint density at radius 2 is 2.00 bits per heavy atom. The summed E-state index contributed by atoms with van der Waals surface area (Å²) in [6.07, 6.45) is 0. The largest absolute Gasteiger partial charge is 0.377 e. The maximum Gasteiger partial charge on any atom is 0.128 e. The molecule has 1 unspecified atom stereocenters. The van der Waals surface area contributed by atoms with Gasteiger partial charge in [0.05, 0.1) is 16.8 Å². The van der Waals surface area contributed by atoms with Crippen LogP contribution in [-0.2, 0) is 0 Å². The summed E-state index contributed by atoms with van der Waals surface area (Å²) >= 11 is 9.53. The van der Waals surface area contributed by atoms with E-state index in [0.29, 0.717) is 10.6 Å². The topological polar surface area (TPSA) is 12.0 Å². The maximum atomic E-state index is 13.8. The van der Waals surface area contributed by atoms with Crippen LogP contribution in [0.15, 0.2) is 40.9 Å². The summed E-state index contributed by atoms with van der Waals surface area (Å²) in [6.45, 7) is 3.88. The van der Waals surface area contributed by atoms with Crippen LogP contribution in [0.3, 0.4) is 0 Å². The van der Waals surface area contributed by atoms with Crippen LogP contribution in [-0.4, -0.2) is 0 Å². The van der Waals surface area contributed by atoms with Gasteiger partial charge in [0.15, 0.2) is 0 Å². The molecule has 0 spiro atoms. The molecule has 4 heteroatoms. The fourth-order valence-electron chi connectivity index (χ4n) is 1.96. The molecular weight excluding hydrogens is 329 g/mol. The molecule has 2 rings (SSSR count). The maximum absolute atomic E-state index is 13.8. The van der Waals surface area contributed by atoms with E-state index in [1.54, 1.807) is 12.1 Å². The fourth-order valence-corrected chi connectivity index (χ4v) is 2.61. The van der Waals surface area contributed by atoms with Crippen LogP contribution in [0.1, 0.15) is 24.1 Å². The lowest BCUT2D eigenvalue weighted by atomic mass is 10.1. The number of hydrogen-bond acceptors (Lipinski definition) is 1. The average Bonchev–Trinajstić information content (AvgIpc) is 2.37. The predicted molar refractivity (Wildman–Crippen MR) is 82.3 cm³/mol. The molecule has 0 amide bonds. The minimum Gasteiger partial charge on any atom is -0.377 e. The molecule has 0 saturated heterocycles. The fraction of sp³-hybridized carbons (Fsp3) is 0.200. The van der Waals surface area contributed by atoms with Gasteiger partial charge in [0, 0.05) is 10.0 Å². The number of nitrogens with one attached hydrogen (secondary N) is 1. The van der Waals surface area contributed by atoms with Crippen molar-refractivity contribution in [3.8, 4) is 0 Å². The van der Waals surface area contributed by atoms with E-state index in [2.05, 4.69) is 21.2 Å². The van der Waals surface area contributed by atoms with Gasteiger partial charge in [-0.15, -0.1) is 0 Å². The minimum atomic E-state index is -0.229. The molecule has 2 aromatic carbocycles. The van der Waals surface area contributed by atoms with E-state index in [4.69, 9.17) is 11.6 Å². The highest BCUT2D eigenvalue weighted by molar-refractivity contribution is 9.10. The molecule has 0 radical (unpaired) electrons. The smallest absolute Gasteiger partial charge is 0.128 e. The molecule has 19 heavy (non-hydrogen) atoms. The lowest BCUT2D eigenvalue weighted by molar-refractivity contribution is 0.600. The Bertz CT molecular complexity index is 580. The quantitative estimate of drug-likeness (QED) is 0.752. The summed E-state index contributed by atoms with van der Waals surface area (Å²) in [7, 11) is 0. The first kappa shape index (κ1) is 14.4. The van der Waals surface area contributed by atoms with Crippen LogP contribution >= 0.6 is 27.5 Å². The molecule has 1 nitrogen and oxygen atoms in total. The van der Waals surface area contributed by atoms with Gasteiger partial charge in [0.25, 0.3) is 0 Å². The number of anilines is 1. The van der Waals surface area contributed by atoms with Gasteiger partial charge in [-0.1, -0.05) is 39.7 Å². The summed E-state index contributed by atoms with van der Waals surface area (Å²) in [5.41, 5.74) is 2.49. The SMILES string of the molecule is Cc1cccc(Cl)c1NC(C)c1cc(Br)ccc1F. The summed E-state index contributed by atoms with van der Waals surface area (Å²) < 4.78 is 14.7. The lowest BCUT2D eigenvalue weighted by Gasteiger charge is -2.19. The third-order valence-corrected chi connectivity index (χ3v) is 3.82. The van der Waals surface area contributed by atoms with Crippen LogP contribution in [0, 0.1) is 12.7 Å². The van der Waals surface area contributed by atoms with Gasteiger partial charge >= 0.3 is 0 Å². The monoisotopic (exact) mass is 341 g/mol. The van der Waals surface area contributed by atoms with Crippen molar-refractivity contribution in [2.45, 2.75) is 19.9 Å². The highest BCUT2D eigenvalue weighted by Gasteiger charge is 2.13. The first-order valence-corrected chi connectivity index (χ1v) is 7.12. The molecule has 0 aliphatic rings. The normalized spacial score (nSPS) is 12.3. The predicted octanol–water partition coefficient (Wildman–Crippen LogP) is 5.72. The summed E-state index contributed by atoms with van der Waals surface area (Å²) in [4.78, 5) is 0. The Morgan fingerprint density at radius 1 is 1.26 bits per heavy atom. The van der Waals surface area contributed by atoms with Crippen molar-refractivity contribution in [3.63, 3.8) is 0 Å². The van der Waals surface area contributed by atoms with Gasteiger partial charge in [0.2, 0.25) is 0 Å². The number of para-hydroxylation sites is 1. The van der Waals surface area contributed by atoms with Crippen LogP contribution in [0.4, 0.5) is 10.1 Å². The lowest BCUT2D eigenvalue weighted by Crippen LogP contribution is -2.10. The number of halogens is 3. The second kappa shape index (κ2) is 5.93. The zero-order valence-corrected chi connectivity index (χ0v) is 13.0. The van der Waals surface area contributed by atoms with E-state index >= 15 is 0 Å². The van der Waals surface area contributed by atoms with E-state index in [-0.39, 0.29) is 11.9 Å². The van der Waals surface area contributed by atoms with Crippen LogP contribution in [0.5, 0.6) is 0 Å². The summed E-state index contributed by atoms with van der Waals surface area (Å²) in [5, 5.41) is 3.91. The Labute approximate surface area is 125 Å². The van der Waals surface area contributed by atoms with E-state index in [1.807, 2.05) is 32.0 Å². The zero-order valence-electron chi connectivity index (χ0n) is 10.7. The van der Waals surface area contributed by atoms with Crippen LogP contribution in [0.2, 0.25) is 5.02 Å². The second-order valence-corrected chi connectivity index (χ2v) is 5.79. The molecule has 0 aromatic heterocycles. The standard InChI is InChI=1S/C15H14BrClFN/c1-9-4-3-5-13(17)15(9)19-10(2)12-8-11(16)6-7-14(12)18/h3-8,10,19H,1-2H3. The van der Waals surface area contributed by atoms with E-state index in [9.17, 15) is 4.39 Å². The molecule has 0 fully saturated rings. The Kier molecular flexibility index (Phi) is 4.48. The van der Waals surface area contributed by atoms with Gasteiger partial charge in [-0.2, -0.15) is 0 Å². The molecule has 0 bridgehead atoms. The van der Waals surface area contributed by atoms with E-state index < -0.39 is 0 Å². The van der Waals surface area contributed by atoms with E-state index in [1.165, 1.54) is 6.07 Å². The van der Waals surface area contributed by atoms with Gasteiger partial charge in [-0.25, -0.2) is 4.39 Å². The van der Waals surface area contributed by atoms with Crippen molar-refractivity contribution >= 4 is 33.2 Å². The van der Waals surface area contributed by atoms with Crippen molar-refractivity contribution in [2.24, 2.45) is 0 Å².